The van der Waals surface area contributed by atoms with E-state index in [0.29, 0.717) is 49.0 Å². The summed E-state index contributed by atoms with van der Waals surface area (Å²) in [5, 5.41) is 6.17. The van der Waals surface area contributed by atoms with Gasteiger partial charge in [-0.05, 0) is 89.8 Å². The number of hydrogen-bond acceptors (Lipinski definition) is 9. The van der Waals surface area contributed by atoms with Crippen LogP contribution in [0.15, 0.2) is 52.0 Å². The van der Waals surface area contributed by atoms with Gasteiger partial charge >= 0.3 is 0 Å². The van der Waals surface area contributed by atoms with E-state index >= 15 is 0 Å². The lowest BCUT2D eigenvalue weighted by Gasteiger charge is -2.32. The summed E-state index contributed by atoms with van der Waals surface area (Å²) in [7, 11) is -1.48. The number of nitrogens with zero attached hydrogens (tertiary/aromatic N) is 3. The fraction of sp³-hybridized carbons (Fsp3) is 0.528. The maximum atomic E-state index is 13.1. The molecule has 2 fully saturated rings. The van der Waals surface area contributed by atoms with Gasteiger partial charge in [-0.15, -0.1) is 0 Å². The van der Waals surface area contributed by atoms with Gasteiger partial charge in [0.2, 0.25) is 11.8 Å². The number of halogens is 1. The van der Waals surface area contributed by atoms with Crippen LogP contribution < -0.4 is 21.3 Å². The number of carbonyl (C=O) groups excluding carboxylic acids is 4. The Bertz CT molecular complexity index is 1840. The zero-order chi connectivity index (χ0) is 37.9. The molecule has 1 saturated carbocycles. The van der Waals surface area contributed by atoms with Crippen LogP contribution in [-0.4, -0.2) is 70.7 Å². The van der Waals surface area contributed by atoms with Gasteiger partial charge in [0.25, 0.3) is 17.4 Å². The van der Waals surface area contributed by atoms with Crippen LogP contribution in [0.4, 0.5) is 4.39 Å². The van der Waals surface area contributed by atoms with Crippen molar-refractivity contribution in [1.82, 2.24) is 30.1 Å². The van der Waals surface area contributed by atoms with E-state index in [1.165, 1.54) is 24.5 Å². The van der Waals surface area contributed by atoms with Crippen molar-refractivity contribution < 1.29 is 32.3 Å². The predicted octanol–water partition coefficient (Wildman–Crippen LogP) is 3.88. The molecule has 6 rings (SSSR count). The Balaban J connectivity index is 0.000000223. The Kier molecular flexibility index (Phi) is 14.0. The first-order chi connectivity index (χ1) is 24.8. The van der Waals surface area contributed by atoms with Crippen LogP contribution in [0.25, 0.3) is 11.0 Å². The van der Waals surface area contributed by atoms with E-state index in [-0.39, 0.29) is 33.6 Å². The van der Waals surface area contributed by atoms with Crippen molar-refractivity contribution >= 4 is 45.6 Å². The largest absolute Gasteiger partial charge is 0.364 e. The number of aromatic nitrogens is 3. The minimum Gasteiger partial charge on any atom is -0.364 e. The third-order valence-corrected chi connectivity index (χ3v) is 11.0. The average Bonchev–Trinajstić information content (AvgIpc) is 3.46. The van der Waals surface area contributed by atoms with Gasteiger partial charge in [0.15, 0.2) is 5.69 Å². The predicted molar refractivity (Wildman–Crippen MR) is 193 cm³/mol. The number of amides is 4. The lowest BCUT2D eigenvalue weighted by atomic mass is 9.95. The van der Waals surface area contributed by atoms with Gasteiger partial charge < -0.3 is 25.5 Å². The molecule has 0 bridgehead atoms. The number of carbonyl (C=O) groups is 4. The lowest BCUT2D eigenvalue weighted by molar-refractivity contribution is -0.140. The number of nitrogens with two attached hydrogens (primary N) is 1. The summed E-state index contributed by atoms with van der Waals surface area (Å²) in [4.78, 5) is 68.7. The molecule has 3 atom stereocenters. The summed E-state index contributed by atoms with van der Waals surface area (Å²) < 4.78 is 31.9. The van der Waals surface area contributed by atoms with E-state index < -0.39 is 34.4 Å². The quantitative estimate of drug-likeness (QED) is 0.279. The highest BCUT2D eigenvalue weighted by Gasteiger charge is 2.47. The monoisotopic (exact) mass is 741 g/mol. The summed E-state index contributed by atoms with van der Waals surface area (Å²) in [5.74, 6) is -1.66. The van der Waals surface area contributed by atoms with Gasteiger partial charge in [0, 0.05) is 19.0 Å². The molecule has 282 valence electrons. The number of nitrogens with one attached hydrogen (secondary N) is 3. The van der Waals surface area contributed by atoms with Crippen LogP contribution in [-0.2, 0) is 31.8 Å². The molecule has 1 aromatic carbocycles. The molecule has 5 N–H and O–H groups in total. The van der Waals surface area contributed by atoms with Crippen molar-refractivity contribution in [3.63, 3.8) is 0 Å². The molecule has 16 heteroatoms. The van der Waals surface area contributed by atoms with Crippen molar-refractivity contribution in [2.45, 2.75) is 114 Å². The van der Waals surface area contributed by atoms with Crippen molar-refractivity contribution in [3.8, 4) is 0 Å². The summed E-state index contributed by atoms with van der Waals surface area (Å²) in [6.07, 6.45) is 14.5. The second kappa shape index (κ2) is 18.2. The second-order valence-corrected chi connectivity index (χ2v) is 15.3. The molecule has 4 heterocycles. The first kappa shape index (κ1) is 40.0. The number of rotatable bonds is 5. The van der Waals surface area contributed by atoms with E-state index in [9.17, 15) is 32.6 Å². The Hall–Kier alpha value is -4.73. The Morgan fingerprint density at radius 3 is 2.50 bits per heavy atom. The van der Waals surface area contributed by atoms with E-state index in [1.807, 2.05) is 26.0 Å². The highest BCUT2D eigenvalue weighted by atomic mass is 32.2. The van der Waals surface area contributed by atoms with Crippen molar-refractivity contribution in [2.75, 3.05) is 6.54 Å². The molecule has 1 aliphatic carbocycles. The normalized spacial score (nSPS) is 22.8. The molecule has 2 aromatic heterocycles. The van der Waals surface area contributed by atoms with E-state index in [2.05, 4.69) is 29.7 Å². The van der Waals surface area contributed by atoms with Crippen molar-refractivity contribution in [3.05, 3.63) is 70.2 Å². The number of primary amides is 1. The Morgan fingerprint density at radius 1 is 1.10 bits per heavy atom. The van der Waals surface area contributed by atoms with Gasteiger partial charge in [-0.2, -0.15) is 0 Å². The SMILES string of the molecule is CC1(C(=O)NS(=O)C2(C)CC2)C/C=C\CCCCCCC(=O)N2CCC[C@H]2C(=O)N1.CCc1nc2ccc(F)cc2[nH]c1=O.NC(=O)c1ccon1. The summed E-state index contributed by atoms with van der Waals surface area (Å²) >= 11 is 0. The highest BCUT2D eigenvalue weighted by molar-refractivity contribution is 7.85. The molecule has 4 amide bonds. The summed E-state index contributed by atoms with van der Waals surface area (Å²) in [6, 6.07) is 5.02. The third-order valence-electron chi connectivity index (χ3n) is 9.32. The van der Waals surface area contributed by atoms with Crippen LogP contribution in [0.3, 0.4) is 0 Å². The number of benzene rings is 1. The van der Waals surface area contributed by atoms with Crippen molar-refractivity contribution in [1.29, 1.82) is 0 Å². The van der Waals surface area contributed by atoms with Crippen LogP contribution >= 0.6 is 0 Å². The molecule has 2 unspecified atom stereocenters. The highest BCUT2D eigenvalue weighted by Crippen LogP contribution is 2.40. The van der Waals surface area contributed by atoms with E-state index in [1.54, 1.807) is 17.9 Å². The summed E-state index contributed by atoms with van der Waals surface area (Å²) in [6.45, 7) is 6.01. The molecular weight excluding hydrogens is 694 g/mol. The smallest absolute Gasteiger partial charge is 0.270 e. The minimum absolute atomic E-state index is 0.0227. The fourth-order valence-corrected chi connectivity index (χ4v) is 6.84. The van der Waals surface area contributed by atoms with Gasteiger partial charge in [0.1, 0.15) is 40.3 Å². The number of aryl methyl sites for hydroxylation is 1. The molecule has 0 radical (unpaired) electrons. The minimum atomic E-state index is -1.48. The molecule has 14 nitrogen and oxygen atoms in total. The van der Waals surface area contributed by atoms with Crippen LogP contribution in [0.2, 0.25) is 0 Å². The molecule has 0 spiro atoms. The topological polar surface area (TPSA) is 210 Å². The van der Waals surface area contributed by atoms with Gasteiger partial charge in [0.05, 0.1) is 15.8 Å². The van der Waals surface area contributed by atoms with Crippen LogP contribution in [0.5, 0.6) is 0 Å². The first-order valence-electron chi connectivity index (χ1n) is 17.6. The average molecular weight is 742 g/mol. The number of H-pyrrole nitrogens is 1. The van der Waals surface area contributed by atoms with E-state index in [4.69, 9.17) is 5.73 Å². The number of fused-ring (bicyclic) bond motifs is 2. The number of allylic oxidation sites excluding steroid dienone is 1. The van der Waals surface area contributed by atoms with Gasteiger partial charge in [-0.1, -0.05) is 37.1 Å². The molecule has 1 saturated heterocycles. The maximum Gasteiger partial charge on any atom is 0.270 e. The molecule has 2 aliphatic heterocycles. The van der Waals surface area contributed by atoms with Crippen LogP contribution in [0.1, 0.15) is 108 Å². The summed E-state index contributed by atoms with van der Waals surface area (Å²) in [5.41, 5.74) is 5.02. The van der Waals surface area contributed by atoms with E-state index in [0.717, 1.165) is 51.4 Å². The number of hydrogen-bond donors (Lipinski definition) is 4. The van der Waals surface area contributed by atoms with Crippen molar-refractivity contribution in [2.24, 2.45) is 5.73 Å². The van der Waals surface area contributed by atoms with Gasteiger partial charge in [-0.3, -0.25) is 28.7 Å². The fourth-order valence-electron chi connectivity index (χ4n) is 5.72. The Labute approximate surface area is 304 Å². The van der Waals surface area contributed by atoms with Gasteiger partial charge in [-0.25, -0.2) is 13.6 Å². The first-order valence-corrected chi connectivity index (χ1v) is 18.8. The lowest BCUT2D eigenvalue weighted by Crippen LogP contribution is -2.60. The maximum absolute atomic E-state index is 13.1. The third kappa shape index (κ3) is 10.9. The zero-order valence-electron chi connectivity index (χ0n) is 29.9. The number of aromatic amines is 1. The standard InChI is InChI=1S/C22H35N3O4S.C10H9FN2O.C4H4N2O2/c1-21(14-15-21)30(29)24-20(28)22(2)13-9-7-5-3-4-6-8-12-18(26)25-16-10-11-17(25)19(27)23-22;1-2-7-10(14)13-9-5-6(11)3-4-8(9)12-7;5-4(7)3-1-2-8-6-3/h7,9,17H,3-6,8,10-16H2,1-2H3,(H,23,27)(H,24,28);3-5H,2H2,1H3,(H,13,14);1-2H,(H2,5,7)/b9-7-;;/t17-,22?,30?;;/m0../s1. The Morgan fingerprint density at radius 2 is 1.85 bits per heavy atom. The zero-order valence-corrected chi connectivity index (χ0v) is 30.7. The van der Waals surface area contributed by atoms with Crippen LogP contribution in [0, 0.1) is 5.82 Å². The molecule has 52 heavy (non-hydrogen) atoms. The molecule has 3 aromatic rings. The molecule has 3 aliphatic rings. The molecular formula is C36H48FN7O7S. The second-order valence-electron chi connectivity index (χ2n) is 13.6.